The van der Waals surface area contributed by atoms with Crippen LogP contribution in [0.15, 0.2) is 40.2 Å². The number of aromatic nitrogens is 4. The fourth-order valence-corrected chi connectivity index (χ4v) is 2.48. The Hall–Kier alpha value is -3.34. The van der Waals surface area contributed by atoms with E-state index in [1.807, 2.05) is 6.07 Å². The SMILES string of the molecule is Cn1c(=O)c2c(ncn2CCOc2cccc(C#N)c2)n(C)c1=O. The molecule has 0 radical (unpaired) electrons. The van der Waals surface area contributed by atoms with Crippen molar-refractivity contribution in [3.8, 4) is 11.8 Å². The smallest absolute Gasteiger partial charge is 0.332 e. The Bertz CT molecular complexity index is 1070. The maximum atomic E-state index is 12.3. The number of nitrogens with zero attached hydrogens (tertiary/aromatic N) is 5. The summed E-state index contributed by atoms with van der Waals surface area (Å²) in [5.41, 5.74) is 0.410. The first-order chi connectivity index (χ1) is 11.5. The van der Waals surface area contributed by atoms with Gasteiger partial charge in [0.15, 0.2) is 11.2 Å². The summed E-state index contributed by atoms with van der Waals surface area (Å²) in [4.78, 5) is 28.4. The summed E-state index contributed by atoms with van der Waals surface area (Å²) < 4.78 is 9.67. The lowest BCUT2D eigenvalue weighted by Crippen LogP contribution is -2.37. The fraction of sp³-hybridized carbons (Fsp3) is 0.250. The van der Waals surface area contributed by atoms with Gasteiger partial charge in [-0.3, -0.25) is 13.9 Å². The van der Waals surface area contributed by atoms with E-state index in [0.29, 0.717) is 35.6 Å². The number of ether oxygens (including phenoxy) is 1. The first kappa shape index (κ1) is 15.6. The molecule has 2 heterocycles. The maximum absolute atomic E-state index is 12.3. The molecule has 0 aliphatic rings. The second-order valence-electron chi connectivity index (χ2n) is 5.30. The molecule has 0 amide bonds. The van der Waals surface area contributed by atoms with E-state index < -0.39 is 11.2 Å². The number of imidazole rings is 1. The highest BCUT2D eigenvalue weighted by Gasteiger charge is 2.14. The number of aryl methyl sites for hydroxylation is 1. The first-order valence-corrected chi connectivity index (χ1v) is 7.26. The van der Waals surface area contributed by atoms with Gasteiger partial charge >= 0.3 is 5.69 Å². The van der Waals surface area contributed by atoms with Crippen LogP contribution in [0.1, 0.15) is 5.56 Å². The van der Waals surface area contributed by atoms with Crippen molar-refractivity contribution in [2.24, 2.45) is 14.1 Å². The molecule has 0 atom stereocenters. The van der Waals surface area contributed by atoms with Gasteiger partial charge in [-0.15, -0.1) is 0 Å². The average molecular weight is 325 g/mol. The van der Waals surface area contributed by atoms with Crippen LogP contribution in [0.4, 0.5) is 0 Å². The number of benzene rings is 1. The normalized spacial score (nSPS) is 10.7. The second-order valence-corrected chi connectivity index (χ2v) is 5.30. The van der Waals surface area contributed by atoms with Gasteiger partial charge < -0.3 is 9.30 Å². The Kier molecular flexibility index (Phi) is 3.92. The molecule has 0 N–H and O–H groups in total. The minimum Gasteiger partial charge on any atom is -0.492 e. The molecule has 1 aromatic carbocycles. The molecule has 0 spiro atoms. The van der Waals surface area contributed by atoms with Crippen molar-refractivity contribution in [1.82, 2.24) is 18.7 Å². The molecule has 0 aliphatic heterocycles. The number of fused-ring (bicyclic) bond motifs is 1. The van der Waals surface area contributed by atoms with E-state index in [-0.39, 0.29) is 0 Å². The fourth-order valence-electron chi connectivity index (χ4n) is 2.48. The summed E-state index contributed by atoms with van der Waals surface area (Å²) in [6, 6.07) is 8.89. The van der Waals surface area contributed by atoms with Gasteiger partial charge in [0, 0.05) is 14.1 Å². The van der Waals surface area contributed by atoms with Crippen molar-refractivity contribution in [3.63, 3.8) is 0 Å². The van der Waals surface area contributed by atoms with Crippen LogP contribution >= 0.6 is 0 Å². The maximum Gasteiger partial charge on any atom is 0.332 e. The van der Waals surface area contributed by atoms with Gasteiger partial charge in [-0.05, 0) is 18.2 Å². The van der Waals surface area contributed by atoms with Crippen molar-refractivity contribution in [2.75, 3.05) is 6.61 Å². The van der Waals surface area contributed by atoms with E-state index in [9.17, 15) is 9.59 Å². The highest BCUT2D eigenvalue weighted by atomic mass is 16.5. The third-order valence-electron chi connectivity index (χ3n) is 3.78. The van der Waals surface area contributed by atoms with Crippen LogP contribution < -0.4 is 16.0 Å². The molecular weight excluding hydrogens is 310 g/mol. The number of hydrogen-bond donors (Lipinski definition) is 0. The van der Waals surface area contributed by atoms with Crippen LogP contribution in [0.5, 0.6) is 5.75 Å². The lowest BCUT2D eigenvalue weighted by Gasteiger charge is -2.08. The Balaban J connectivity index is 1.85. The van der Waals surface area contributed by atoms with Crippen molar-refractivity contribution >= 4 is 11.2 Å². The predicted octanol–water partition coefficient (Wildman–Crippen LogP) is 0.384. The van der Waals surface area contributed by atoms with Crippen molar-refractivity contribution in [3.05, 3.63) is 57.0 Å². The molecule has 8 heteroatoms. The van der Waals surface area contributed by atoms with Crippen molar-refractivity contribution in [2.45, 2.75) is 6.54 Å². The summed E-state index contributed by atoms with van der Waals surface area (Å²) in [6.07, 6.45) is 1.51. The van der Waals surface area contributed by atoms with Gasteiger partial charge in [0.25, 0.3) is 5.56 Å². The van der Waals surface area contributed by atoms with Gasteiger partial charge in [0.2, 0.25) is 0 Å². The molecule has 8 nitrogen and oxygen atoms in total. The van der Waals surface area contributed by atoms with Crippen molar-refractivity contribution < 1.29 is 4.74 Å². The topological polar surface area (TPSA) is 94.8 Å². The van der Waals surface area contributed by atoms with E-state index >= 15 is 0 Å². The number of rotatable bonds is 4. The van der Waals surface area contributed by atoms with Crippen LogP contribution in [-0.4, -0.2) is 25.3 Å². The summed E-state index contributed by atoms with van der Waals surface area (Å²) in [6.45, 7) is 0.688. The summed E-state index contributed by atoms with van der Waals surface area (Å²) in [7, 11) is 3.01. The molecule has 0 unspecified atom stereocenters. The molecule has 3 aromatic rings. The quantitative estimate of drug-likeness (QED) is 0.691. The number of nitriles is 1. The average Bonchev–Trinajstić information content (AvgIpc) is 3.02. The Morgan fingerprint density at radius 2 is 2.04 bits per heavy atom. The zero-order chi connectivity index (χ0) is 17.3. The Morgan fingerprint density at radius 1 is 1.25 bits per heavy atom. The van der Waals surface area contributed by atoms with E-state index in [1.165, 1.54) is 17.9 Å². The monoisotopic (exact) mass is 325 g/mol. The molecule has 0 fully saturated rings. The molecule has 24 heavy (non-hydrogen) atoms. The second kappa shape index (κ2) is 6.04. The van der Waals surface area contributed by atoms with E-state index in [1.54, 1.807) is 35.9 Å². The Labute approximate surface area is 136 Å². The minimum absolute atomic E-state index is 0.298. The summed E-state index contributed by atoms with van der Waals surface area (Å²) in [5, 5.41) is 8.88. The van der Waals surface area contributed by atoms with Crippen LogP contribution in [0.3, 0.4) is 0 Å². The minimum atomic E-state index is -0.415. The van der Waals surface area contributed by atoms with Gasteiger partial charge in [-0.2, -0.15) is 5.26 Å². The zero-order valence-corrected chi connectivity index (χ0v) is 13.3. The third kappa shape index (κ3) is 2.56. The molecule has 122 valence electrons. The zero-order valence-electron chi connectivity index (χ0n) is 13.3. The van der Waals surface area contributed by atoms with Gasteiger partial charge in [-0.25, -0.2) is 9.78 Å². The number of hydrogen-bond acceptors (Lipinski definition) is 5. The first-order valence-electron chi connectivity index (χ1n) is 7.26. The molecule has 0 saturated heterocycles. The molecule has 0 bridgehead atoms. The van der Waals surface area contributed by atoms with Gasteiger partial charge in [-0.1, -0.05) is 6.07 Å². The lowest BCUT2D eigenvalue weighted by molar-refractivity contribution is 0.300. The van der Waals surface area contributed by atoms with Crippen LogP contribution in [0, 0.1) is 11.3 Å². The Morgan fingerprint density at radius 3 is 2.79 bits per heavy atom. The molecular formula is C16H15N5O3. The third-order valence-corrected chi connectivity index (χ3v) is 3.78. The van der Waals surface area contributed by atoms with Crippen LogP contribution in [0.25, 0.3) is 11.2 Å². The largest absolute Gasteiger partial charge is 0.492 e. The lowest BCUT2D eigenvalue weighted by atomic mass is 10.2. The molecule has 2 aromatic heterocycles. The highest BCUT2D eigenvalue weighted by Crippen LogP contribution is 2.13. The van der Waals surface area contributed by atoms with E-state index in [0.717, 1.165) is 4.57 Å². The van der Waals surface area contributed by atoms with E-state index in [2.05, 4.69) is 4.98 Å². The van der Waals surface area contributed by atoms with Gasteiger partial charge in [0.1, 0.15) is 12.4 Å². The molecule has 0 aliphatic carbocycles. The predicted molar refractivity (Wildman–Crippen MR) is 86.9 cm³/mol. The highest BCUT2D eigenvalue weighted by molar-refractivity contribution is 5.69. The molecule has 3 rings (SSSR count). The van der Waals surface area contributed by atoms with E-state index in [4.69, 9.17) is 10.00 Å². The van der Waals surface area contributed by atoms with Crippen LogP contribution in [-0.2, 0) is 20.6 Å². The molecule has 0 saturated carbocycles. The van der Waals surface area contributed by atoms with Crippen LogP contribution in [0.2, 0.25) is 0 Å². The van der Waals surface area contributed by atoms with Crippen molar-refractivity contribution in [1.29, 1.82) is 5.26 Å². The summed E-state index contributed by atoms with van der Waals surface area (Å²) in [5.74, 6) is 0.582. The summed E-state index contributed by atoms with van der Waals surface area (Å²) >= 11 is 0. The standard InChI is InChI=1S/C16H15N5O3/c1-19-14-13(15(22)20(2)16(19)23)21(10-18-14)6-7-24-12-5-3-4-11(8-12)9-17/h3-5,8,10H,6-7H2,1-2H3. The van der Waals surface area contributed by atoms with Gasteiger partial charge in [0.05, 0.1) is 24.5 Å².